The average molecular weight is 438 g/mol. The number of benzene rings is 1. The summed E-state index contributed by atoms with van der Waals surface area (Å²) in [5.74, 6) is -0.998. The Balaban J connectivity index is 1.71. The maximum Gasteiger partial charge on any atom is 0.336 e. The summed E-state index contributed by atoms with van der Waals surface area (Å²) >= 11 is 0. The number of fused-ring (bicyclic) bond motifs is 1. The molecule has 1 aromatic rings. The summed E-state index contributed by atoms with van der Waals surface area (Å²) in [5, 5.41) is 50.1. The van der Waals surface area contributed by atoms with Gasteiger partial charge >= 0.3 is 5.97 Å². The summed E-state index contributed by atoms with van der Waals surface area (Å²) in [6.45, 7) is 1.33. The quantitative estimate of drug-likeness (QED) is 0.412. The molecule has 1 aliphatic heterocycles. The molecule has 0 saturated carbocycles. The number of rotatable bonds is 5. The van der Waals surface area contributed by atoms with Gasteiger partial charge in [0.15, 0.2) is 0 Å². The van der Waals surface area contributed by atoms with Gasteiger partial charge in [-0.25, -0.2) is 4.79 Å². The second-order valence-corrected chi connectivity index (χ2v) is 8.25. The van der Waals surface area contributed by atoms with E-state index in [-0.39, 0.29) is 5.56 Å². The number of carboxylic acid groups (broad SMARTS) is 1. The van der Waals surface area contributed by atoms with E-state index >= 15 is 0 Å². The van der Waals surface area contributed by atoms with Crippen LogP contribution in [-0.2, 0) is 11.2 Å². The number of aliphatic hydroxyl groups excluding tert-OH is 4. The Morgan fingerprint density at radius 2 is 1.72 bits per heavy atom. The van der Waals surface area contributed by atoms with Gasteiger partial charge in [-0.1, -0.05) is 48.5 Å². The Hall–Kier alpha value is -2.81. The van der Waals surface area contributed by atoms with Crippen LogP contribution < -0.4 is 0 Å². The van der Waals surface area contributed by atoms with E-state index in [4.69, 9.17) is 4.74 Å². The minimum absolute atomic E-state index is 0.256. The third-order valence-electron chi connectivity index (χ3n) is 6.14. The molecule has 0 aromatic heterocycles. The first-order chi connectivity index (χ1) is 15.3. The molecule has 4 rings (SSSR count). The standard InChI is InChI=1S/C25H26O7/c1-13-7-8-14(10-18(13)24-23(29)22(28)21(27)19(12-26)32-24)9-16-11-15-5-3-2-4-6-17(15)20(16)25(30)31/h2-8,10-11,19,21-24,26-29H,9,12H2,1H3,(H,30,31)/t19?,21-,22+,23-,24+/m1/s1. The molecule has 1 fully saturated rings. The largest absolute Gasteiger partial charge is 0.478 e. The van der Waals surface area contributed by atoms with Crippen LogP contribution in [0.25, 0.3) is 11.1 Å². The number of aromatic carboxylic acids is 1. The van der Waals surface area contributed by atoms with Gasteiger partial charge in [0, 0.05) is 0 Å². The summed E-state index contributed by atoms with van der Waals surface area (Å²) in [6, 6.07) is 16.6. The number of ether oxygens (including phenoxy) is 1. The Morgan fingerprint density at radius 1 is 0.969 bits per heavy atom. The summed E-state index contributed by atoms with van der Waals surface area (Å²) in [5.41, 5.74) is 4.65. The van der Waals surface area contributed by atoms with Crippen LogP contribution in [0, 0.1) is 6.92 Å². The van der Waals surface area contributed by atoms with Gasteiger partial charge in [0.25, 0.3) is 0 Å². The second kappa shape index (κ2) is 8.97. The van der Waals surface area contributed by atoms with Crippen molar-refractivity contribution in [3.05, 3.63) is 82.4 Å². The van der Waals surface area contributed by atoms with Crippen molar-refractivity contribution in [1.29, 1.82) is 0 Å². The lowest BCUT2D eigenvalue weighted by atomic mass is 9.88. The molecule has 3 aliphatic rings. The number of hydrogen-bond donors (Lipinski definition) is 5. The van der Waals surface area contributed by atoms with E-state index in [1.807, 2.05) is 55.5 Å². The molecule has 1 aromatic carbocycles. The molecule has 0 radical (unpaired) electrons. The zero-order valence-corrected chi connectivity index (χ0v) is 17.5. The first kappa shape index (κ1) is 22.4. The Labute approximate surface area is 185 Å². The van der Waals surface area contributed by atoms with Crippen molar-refractivity contribution < 1.29 is 35.1 Å². The fourth-order valence-electron chi connectivity index (χ4n) is 4.42. The molecule has 0 amide bonds. The smallest absolute Gasteiger partial charge is 0.336 e. The third kappa shape index (κ3) is 4.01. The second-order valence-electron chi connectivity index (χ2n) is 8.25. The topological polar surface area (TPSA) is 127 Å². The van der Waals surface area contributed by atoms with Crippen LogP contribution in [-0.4, -0.2) is 62.5 Å². The molecule has 5 N–H and O–H groups in total. The van der Waals surface area contributed by atoms with Crippen molar-refractivity contribution in [1.82, 2.24) is 0 Å². The van der Waals surface area contributed by atoms with Crippen LogP contribution in [0.5, 0.6) is 0 Å². The van der Waals surface area contributed by atoms with E-state index in [0.29, 0.717) is 23.1 Å². The third-order valence-corrected chi connectivity index (χ3v) is 6.14. The van der Waals surface area contributed by atoms with Gasteiger partial charge in [0.2, 0.25) is 0 Å². The van der Waals surface area contributed by atoms with Crippen molar-refractivity contribution >= 4 is 5.97 Å². The van der Waals surface area contributed by atoms with Gasteiger partial charge in [-0.3, -0.25) is 0 Å². The predicted molar refractivity (Wildman–Crippen MR) is 117 cm³/mol. The fraction of sp³-hybridized carbons (Fsp3) is 0.320. The lowest BCUT2D eigenvalue weighted by Gasteiger charge is -2.40. The van der Waals surface area contributed by atoms with Crippen LogP contribution in [0.2, 0.25) is 0 Å². The van der Waals surface area contributed by atoms with E-state index in [1.165, 1.54) is 0 Å². The van der Waals surface area contributed by atoms with E-state index < -0.39 is 43.1 Å². The molecule has 32 heavy (non-hydrogen) atoms. The minimum Gasteiger partial charge on any atom is -0.478 e. The van der Waals surface area contributed by atoms with E-state index in [1.54, 1.807) is 6.07 Å². The van der Waals surface area contributed by atoms with Gasteiger partial charge in [0.1, 0.15) is 30.5 Å². The van der Waals surface area contributed by atoms with Crippen LogP contribution >= 0.6 is 0 Å². The molecule has 168 valence electrons. The zero-order valence-electron chi connectivity index (χ0n) is 17.5. The molecule has 1 unspecified atom stereocenters. The molecule has 7 heteroatoms. The molecule has 0 bridgehead atoms. The normalized spacial score (nSPS) is 25.7. The van der Waals surface area contributed by atoms with Crippen molar-refractivity contribution in [3.63, 3.8) is 0 Å². The SMILES string of the molecule is Cc1ccc(Cc2cc3cccccc-3c2C(=O)O)cc1[C@@H]1OC(CO)[C@@H](O)[C@H](O)[C@H]1O. The lowest BCUT2D eigenvalue weighted by molar-refractivity contribution is -0.231. The van der Waals surface area contributed by atoms with Crippen LogP contribution in [0.15, 0.2) is 54.6 Å². The van der Waals surface area contributed by atoms with E-state index in [9.17, 15) is 30.3 Å². The maximum atomic E-state index is 12.0. The number of carboxylic acids is 1. The predicted octanol–water partition coefficient (Wildman–Crippen LogP) is 1.90. The number of aliphatic hydroxyl groups is 4. The van der Waals surface area contributed by atoms with Gasteiger partial charge in [0.05, 0.1) is 12.2 Å². The fourth-order valence-corrected chi connectivity index (χ4v) is 4.42. The summed E-state index contributed by atoms with van der Waals surface area (Å²) in [7, 11) is 0. The Bertz CT molecular complexity index is 1090. The van der Waals surface area contributed by atoms with Gasteiger partial charge in [-0.15, -0.1) is 0 Å². The molecular weight excluding hydrogens is 412 g/mol. The molecule has 2 aliphatic carbocycles. The highest BCUT2D eigenvalue weighted by molar-refractivity contribution is 5.99. The van der Waals surface area contributed by atoms with Crippen LogP contribution in [0.1, 0.15) is 38.7 Å². The van der Waals surface area contributed by atoms with Crippen LogP contribution in [0.3, 0.4) is 0 Å². The highest BCUT2D eigenvalue weighted by atomic mass is 16.5. The highest BCUT2D eigenvalue weighted by Gasteiger charge is 2.44. The minimum atomic E-state index is -1.46. The molecule has 1 heterocycles. The Morgan fingerprint density at radius 3 is 2.44 bits per heavy atom. The molecular formula is C25H26O7. The monoisotopic (exact) mass is 438 g/mol. The number of aryl methyl sites for hydroxylation is 1. The molecule has 1 saturated heterocycles. The summed E-state index contributed by atoms with van der Waals surface area (Å²) in [6.07, 6.45) is -5.86. The zero-order chi connectivity index (χ0) is 23.0. The van der Waals surface area contributed by atoms with E-state index in [0.717, 1.165) is 16.7 Å². The maximum absolute atomic E-state index is 12.0. The van der Waals surface area contributed by atoms with Crippen LogP contribution in [0.4, 0.5) is 0 Å². The summed E-state index contributed by atoms with van der Waals surface area (Å²) in [4.78, 5) is 12.0. The number of hydrogen-bond acceptors (Lipinski definition) is 6. The van der Waals surface area contributed by atoms with Gasteiger partial charge in [-0.2, -0.15) is 0 Å². The van der Waals surface area contributed by atoms with Crippen molar-refractivity contribution in [2.24, 2.45) is 0 Å². The first-order valence-corrected chi connectivity index (χ1v) is 10.5. The Kier molecular flexibility index (Phi) is 6.28. The van der Waals surface area contributed by atoms with Gasteiger partial charge in [-0.05, 0) is 52.8 Å². The lowest BCUT2D eigenvalue weighted by Crippen LogP contribution is -2.55. The highest BCUT2D eigenvalue weighted by Crippen LogP contribution is 2.36. The summed E-state index contributed by atoms with van der Waals surface area (Å²) < 4.78 is 5.72. The molecule has 7 nitrogen and oxygen atoms in total. The van der Waals surface area contributed by atoms with Crippen molar-refractivity contribution in [2.45, 2.75) is 43.9 Å². The van der Waals surface area contributed by atoms with Gasteiger partial charge < -0.3 is 30.3 Å². The average Bonchev–Trinajstić information content (AvgIpc) is 2.94. The van der Waals surface area contributed by atoms with Crippen molar-refractivity contribution in [2.75, 3.05) is 6.61 Å². The number of carbonyl (C=O) groups is 1. The first-order valence-electron chi connectivity index (χ1n) is 10.5. The molecule has 0 spiro atoms. The van der Waals surface area contributed by atoms with E-state index in [2.05, 4.69) is 0 Å². The van der Waals surface area contributed by atoms with Crippen molar-refractivity contribution in [3.8, 4) is 11.1 Å². The molecule has 5 atom stereocenters.